The molecule has 3 heteroatoms. The van der Waals surface area contributed by atoms with Gasteiger partial charge in [-0.2, -0.15) is 0 Å². The Bertz CT molecular complexity index is 771. The van der Waals surface area contributed by atoms with E-state index in [-0.39, 0.29) is 0 Å². The predicted molar refractivity (Wildman–Crippen MR) is 75.3 cm³/mol. The number of nitrogens with zero attached hydrogens (tertiary/aromatic N) is 1. The molecule has 0 fully saturated rings. The first-order chi connectivity index (χ1) is 9.16. The van der Waals surface area contributed by atoms with Crippen LogP contribution < -0.4 is 0 Å². The van der Waals surface area contributed by atoms with E-state index in [1.165, 1.54) is 5.39 Å². The largest absolute Gasteiger partial charge is 0.477 e. The monoisotopic (exact) mass is 251 g/mol. The molecule has 0 aliphatic carbocycles. The van der Waals surface area contributed by atoms with E-state index in [1.54, 1.807) is 17.7 Å². The third kappa shape index (κ3) is 1.89. The Kier molecular flexibility index (Phi) is 2.60. The molecule has 0 aliphatic rings. The van der Waals surface area contributed by atoms with Crippen molar-refractivity contribution in [2.24, 2.45) is 7.05 Å². The number of hydrogen-bond acceptors (Lipinski definition) is 1. The number of hydrogen-bond donors (Lipinski definition) is 1. The van der Waals surface area contributed by atoms with Gasteiger partial charge in [0.15, 0.2) is 0 Å². The van der Waals surface area contributed by atoms with Crippen LogP contribution in [0.1, 0.15) is 10.5 Å². The van der Waals surface area contributed by atoms with Gasteiger partial charge in [0.2, 0.25) is 0 Å². The van der Waals surface area contributed by atoms with E-state index in [0.717, 1.165) is 16.6 Å². The maximum Gasteiger partial charge on any atom is 0.352 e. The van der Waals surface area contributed by atoms with Crippen molar-refractivity contribution in [3.8, 4) is 11.3 Å². The lowest BCUT2D eigenvalue weighted by molar-refractivity contribution is 0.0687. The summed E-state index contributed by atoms with van der Waals surface area (Å²) >= 11 is 0. The number of carboxylic acid groups (broad SMARTS) is 1. The normalized spacial score (nSPS) is 10.8. The van der Waals surface area contributed by atoms with Gasteiger partial charge in [0.1, 0.15) is 5.69 Å². The Morgan fingerprint density at radius 2 is 1.74 bits per heavy atom. The lowest BCUT2D eigenvalue weighted by atomic mass is 10.1. The summed E-state index contributed by atoms with van der Waals surface area (Å²) in [5, 5.41) is 11.4. The van der Waals surface area contributed by atoms with E-state index in [1.807, 2.05) is 24.3 Å². The standard InChI is InChI=1S/C16H13NO2/c1-17-14(8-9-15(17)16(18)19)13-7-6-11-4-2-3-5-12(11)10-13/h2-10H,1H3,(H,18,19). The molecule has 0 aliphatic heterocycles. The van der Waals surface area contributed by atoms with E-state index in [4.69, 9.17) is 5.11 Å². The highest BCUT2D eigenvalue weighted by Crippen LogP contribution is 2.25. The van der Waals surface area contributed by atoms with E-state index < -0.39 is 5.97 Å². The van der Waals surface area contributed by atoms with E-state index in [9.17, 15) is 4.79 Å². The smallest absolute Gasteiger partial charge is 0.352 e. The van der Waals surface area contributed by atoms with Crippen molar-refractivity contribution in [1.82, 2.24) is 4.57 Å². The lowest BCUT2D eigenvalue weighted by Crippen LogP contribution is -2.04. The average Bonchev–Trinajstić information content (AvgIpc) is 2.80. The van der Waals surface area contributed by atoms with Crippen molar-refractivity contribution >= 4 is 16.7 Å². The van der Waals surface area contributed by atoms with Gasteiger partial charge in [-0.1, -0.05) is 36.4 Å². The van der Waals surface area contributed by atoms with E-state index >= 15 is 0 Å². The van der Waals surface area contributed by atoms with Crippen LogP contribution >= 0.6 is 0 Å². The maximum atomic E-state index is 11.1. The molecule has 1 N–H and O–H groups in total. The Balaban J connectivity index is 2.16. The first kappa shape index (κ1) is 11.5. The van der Waals surface area contributed by atoms with Crippen LogP contribution in [0.2, 0.25) is 0 Å². The van der Waals surface area contributed by atoms with Crippen LogP contribution in [0.15, 0.2) is 54.6 Å². The molecule has 0 atom stereocenters. The second kappa shape index (κ2) is 4.28. The van der Waals surface area contributed by atoms with Crippen LogP contribution in [0.25, 0.3) is 22.0 Å². The number of rotatable bonds is 2. The van der Waals surface area contributed by atoms with Gasteiger partial charge >= 0.3 is 5.97 Å². The van der Waals surface area contributed by atoms with Crippen LogP contribution in [0, 0.1) is 0 Å². The summed E-state index contributed by atoms with van der Waals surface area (Å²) in [5.41, 5.74) is 2.22. The second-order valence-electron chi connectivity index (χ2n) is 4.53. The third-order valence-corrected chi connectivity index (χ3v) is 3.39. The summed E-state index contributed by atoms with van der Waals surface area (Å²) < 4.78 is 1.70. The van der Waals surface area contributed by atoms with E-state index in [2.05, 4.69) is 24.3 Å². The first-order valence-corrected chi connectivity index (χ1v) is 6.05. The highest BCUT2D eigenvalue weighted by molar-refractivity contribution is 5.89. The zero-order chi connectivity index (χ0) is 13.4. The molecular formula is C16H13NO2. The van der Waals surface area contributed by atoms with Crippen LogP contribution in [0.3, 0.4) is 0 Å². The minimum atomic E-state index is -0.908. The van der Waals surface area contributed by atoms with Crippen LogP contribution in [-0.4, -0.2) is 15.6 Å². The van der Waals surface area contributed by atoms with Gasteiger partial charge in [-0.25, -0.2) is 4.79 Å². The molecule has 3 nitrogen and oxygen atoms in total. The molecule has 3 rings (SSSR count). The topological polar surface area (TPSA) is 42.2 Å². The minimum Gasteiger partial charge on any atom is -0.477 e. The van der Waals surface area contributed by atoms with Crippen molar-refractivity contribution in [2.45, 2.75) is 0 Å². The second-order valence-corrected chi connectivity index (χ2v) is 4.53. The number of aromatic nitrogens is 1. The Labute approximate surface area is 110 Å². The molecule has 3 aromatic rings. The molecular weight excluding hydrogens is 238 g/mol. The summed E-state index contributed by atoms with van der Waals surface area (Å²) in [6.45, 7) is 0. The lowest BCUT2D eigenvalue weighted by Gasteiger charge is -2.07. The Morgan fingerprint density at radius 1 is 1.00 bits per heavy atom. The van der Waals surface area contributed by atoms with Crippen LogP contribution in [0.4, 0.5) is 0 Å². The Hall–Kier alpha value is -2.55. The predicted octanol–water partition coefficient (Wildman–Crippen LogP) is 3.54. The van der Waals surface area contributed by atoms with Gasteiger partial charge in [0.05, 0.1) is 0 Å². The molecule has 0 bridgehead atoms. The summed E-state index contributed by atoms with van der Waals surface area (Å²) in [5.74, 6) is -0.908. The highest BCUT2D eigenvalue weighted by Gasteiger charge is 2.12. The van der Waals surface area contributed by atoms with Crippen LogP contribution in [0.5, 0.6) is 0 Å². The summed E-state index contributed by atoms with van der Waals surface area (Å²) in [6.07, 6.45) is 0. The van der Waals surface area contributed by atoms with Crippen molar-refractivity contribution in [3.05, 3.63) is 60.3 Å². The minimum absolute atomic E-state index is 0.295. The number of aromatic carboxylic acids is 1. The van der Waals surface area contributed by atoms with Crippen molar-refractivity contribution in [1.29, 1.82) is 0 Å². The molecule has 0 saturated heterocycles. The molecule has 0 unspecified atom stereocenters. The number of fused-ring (bicyclic) bond motifs is 1. The number of carboxylic acids is 1. The van der Waals surface area contributed by atoms with Gasteiger partial charge in [-0.3, -0.25) is 0 Å². The number of carbonyl (C=O) groups is 1. The summed E-state index contributed by atoms with van der Waals surface area (Å²) in [6, 6.07) is 17.7. The number of benzene rings is 2. The molecule has 0 amide bonds. The van der Waals surface area contributed by atoms with Gasteiger partial charge in [0, 0.05) is 12.7 Å². The van der Waals surface area contributed by atoms with Gasteiger partial charge in [-0.15, -0.1) is 0 Å². The van der Waals surface area contributed by atoms with Gasteiger partial charge < -0.3 is 9.67 Å². The van der Waals surface area contributed by atoms with Crippen molar-refractivity contribution in [3.63, 3.8) is 0 Å². The molecule has 1 aromatic heterocycles. The third-order valence-electron chi connectivity index (χ3n) is 3.39. The molecule has 19 heavy (non-hydrogen) atoms. The molecule has 94 valence electrons. The molecule has 0 saturated carbocycles. The van der Waals surface area contributed by atoms with Gasteiger partial charge in [-0.05, 0) is 34.5 Å². The highest BCUT2D eigenvalue weighted by atomic mass is 16.4. The van der Waals surface area contributed by atoms with Crippen molar-refractivity contribution in [2.75, 3.05) is 0 Å². The molecule has 0 radical (unpaired) electrons. The van der Waals surface area contributed by atoms with Crippen LogP contribution in [-0.2, 0) is 7.05 Å². The molecule has 2 aromatic carbocycles. The Morgan fingerprint density at radius 3 is 2.42 bits per heavy atom. The van der Waals surface area contributed by atoms with Gasteiger partial charge in [0.25, 0.3) is 0 Å². The fraction of sp³-hybridized carbons (Fsp3) is 0.0625. The first-order valence-electron chi connectivity index (χ1n) is 6.05. The average molecular weight is 251 g/mol. The summed E-state index contributed by atoms with van der Waals surface area (Å²) in [7, 11) is 1.77. The fourth-order valence-corrected chi connectivity index (χ4v) is 2.36. The maximum absolute atomic E-state index is 11.1. The molecule has 1 heterocycles. The molecule has 0 spiro atoms. The van der Waals surface area contributed by atoms with E-state index in [0.29, 0.717) is 5.69 Å². The SMILES string of the molecule is Cn1c(C(=O)O)ccc1-c1ccc2ccccc2c1. The quantitative estimate of drug-likeness (QED) is 0.756. The zero-order valence-corrected chi connectivity index (χ0v) is 10.5. The summed E-state index contributed by atoms with van der Waals surface area (Å²) in [4.78, 5) is 11.1. The van der Waals surface area contributed by atoms with Crippen molar-refractivity contribution < 1.29 is 9.90 Å². The fourth-order valence-electron chi connectivity index (χ4n) is 2.36. The zero-order valence-electron chi connectivity index (χ0n) is 10.5.